The van der Waals surface area contributed by atoms with Crippen LogP contribution in [-0.4, -0.2) is 6.04 Å². The Morgan fingerprint density at radius 2 is 2.00 bits per heavy atom. The van der Waals surface area contributed by atoms with Crippen LogP contribution in [0.3, 0.4) is 0 Å². The van der Waals surface area contributed by atoms with Crippen LogP contribution in [0.25, 0.3) is 0 Å². The first-order chi connectivity index (χ1) is 7.24. The Hall–Kier alpha value is -0.340. The third-order valence-electron chi connectivity index (χ3n) is 4.28. The highest BCUT2D eigenvalue weighted by Gasteiger charge is 2.53. The van der Waals surface area contributed by atoms with Gasteiger partial charge in [0, 0.05) is 6.04 Å². The third kappa shape index (κ3) is 2.43. The molecule has 0 aromatic heterocycles. The summed E-state index contributed by atoms with van der Waals surface area (Å²) in [4.78, 5) is 0. The fourth-order valence-electron chi connectivity index (χ4n) is 3.43. The molecule has 2 saturated carbocycles. The Morgan fingerprint density at radius 1 is 1.40 bits per heavy atom. The van der Waals surface area contributed by atoms with Crippen LogP contribution in [0.1, 0.15) is 45.4 Å². The maximum atomic E-state index is 5.67. The van der Waals surface area contributed by atoms with E-state index < -0.39 is 0 Å². The Morgan fingerprint density at radius 3 is 2.47 bits per heavy atom. The molecule has 0 aromatic carbocycles. The third-order valence-corrected chi connectivity index (χ3v) is 4.28. The van der Waals surface area contributed by atoms with Crippen molar-refractivity contribution in [2.45, 2.75) is 51.5 Å². The number of fused-ring (bicyclic) bond motifs is 1. The van der Waals surface area contributed by atoms with Crippen LogP contribution in [0.5, 0.6) is 0 Å². The van der Waals surface area contributed by atoms with Crippen molar-refractivity contribution in [2.24, 2.45) is 23.6 Å². The summed E-state index contributed by atoms with van der Waals surface area (Å²) < 4.78 is 0. The van der Waals surface area contributed by atoms with E-state index in [9.17, 15) is 0 Å². The predicted octanol–water partition coefficient (Wildman–Crippen LogP) is 2.61. The molecule has 2 nitrogen and oxygen atoms in total. The van der Waals surface area contributed by atoms with Crippen molar-refractivity contribution in [1.82, 2.24) is 5.43 Å². The highest BCUT2D eigenvalue weighted by molar-refractivity contribution is 5.05. The SMILES string of the molecule is C=C(C)CCC(NN)C1C2CCCCC21. The van der Waals surface area contributed by atoms with Crippen LogP contribution in [-0.2, 0) is 0 Å². The Bertz CT molecular complexity index is 225. The molecule has 2 fully saturated rings. The second-order valence-corrected chi connectivity index (χ2v) is 5.46. The molecule has 2 heteroatoms. The van der Waals surface area contributed by atoms with E-state index in [-0.39, 0.29) is 0 Å². The summed E-state index contributed by atoms with van der Waals surface area (Å²) in [6.07, 6.45) is 8.06. The van der Waals surface area contributed by atoms with Crippen molar-refractivity contribution in [3.05, 3.63) is 12.2 Å². The zero-order valence-electron chi connectivity index (χ0n) is 9.84. The van der Waals surface area contributed by atoms with Gasteiger partial charge in [-0.25, -0.2) is 0 Å². The first kappa shape index (κ1) is 11.2. The molecule has 3 N–H and O–H groups in total. The van der Waals surface area contributed by atoms with Crippen LogP contribution >= 0.6 is 0 Å². The summed E-state index contributed by atoms with van der Waals surface area (Å²) >= 11 is 0. The van der Waals surface area contributed by atoms with Gasteiger partial charge in [-0.1, -0.05) is 18.4 Å². The van der Waals surface area contributed by atoms with Crippen LogP contribution in [0.2, 0.25) is 0 Å². The van der Waals surface area contributed by atoms with Crippen molar-refractivity contribution in [3.63, 3.8) is 0 Å². The van der Waals surface area contributed by atoms with Gasteiger partial charge >= 0.3 is 0 Å². The van der Waals surface area contributed by atoms with Gasteiger partial charge in [-0.2, -0.15) is 0 Å². The second-order valence-electron chi connectivity index (χ2n) is 5.46. The van der Waals surface area contributed by atoms with E-state index >= 15 is 0 Å². The van der Waals surface area contributed by atoms with Gasteiger partial charge in [0.1, 0.15) is 0 Å². The molecular formula is C13H24N2. The van der Waals surface area contributed by atoms with Crippen LogP contribution in [0, 0.1) is 17.8 Å². The van der Waals surface area contributed by atoms with E-state index in [0.717, 1.165) is 24.2 Å². The summed E-state index contributed by atoms with van der Waals surface area (Å²) in [6.45, 7) is 6.07. The van der Waals surface area contributed by atoms with Gasteiger partial charge in [0.15, 0.2) is 0 Å². The van der Waals surface area contributed by atoms with E-state index in [1.807, 2.05) is 0 Å². The smallest absolute Gasteiger partial charge is 0.0247 e. The minimum atomic E-state index is 0.537. The van der Waals surface area contributed by atoms with E-state index in [1.54, 1.807) is 0 Å². The average Bonchev–Trinajstić information content (AvgIpc) is 2.94. The van der Waals surface area contributed by atoms with Gasteiger partial charge in [-0.15, -0.1) is 6.58 Å². The summed E-state index contributed by atoms with van der Waals surface area (Å²) in [5.41, 5.74) is 4.31. The lowest BCUT2D eigenvalue weighted by Crippen LogP contribution is -2.37. The Balaban J connectivity index is 1.82. The molecule has 0 saturated heterocycles. The monoisotopic (exact) mass is 208 g/mol. The van der Waals surface area contributed by atoms with Gasteiger partial charge in [-0.3, -0.25) is 11.3 Å². The Labute approximate surface area is 93.3 Å². The molecule has 0 heterocycles. The minimum absolute atomic E-state index is 0.537. The van der Waals surface area contributed by atoms with Crippen LogP contribution in [0.15, 0.2) is 12.2 Å². The molecule has 86 valence electrons. The highest BCUT2D eigenvalue weighted by Crippen LogP contribution is 2.57. The molecule has 2 aliphatic rings. The first-order valence-corrected chi connectivity index (χ1v) is 6.34. The van der Waals surface area contributed by atoms with Gasteiger partial charge in [0.2, 0.25) is 0 Å². The summed E-state index contributed by atoms with van der Waals surface area (Å²) in [5, 5.41) is 0. The predicted molar refractivity (Wildman–Crippen MR) is 64.1 cm³/mol. The first-order valence-electron chi connectivity index (χ1n) is 6.34. The molecule has 0 aromatic rings. The van der Waals surface area contributed by atoms with E-state index in [4.69, 9.17) is 5.84 Å². The molecule has 0 bridgehead atoms. The quantitative estimate of drug-likeness (QED) is 0.414. The zero-order chi connectivity index (χ0) is 10.8. The number of hydrazine groups is 1. The fourth-order valence-corrected chi connectivity index (χ4v) is 3.43. The molecule has 3 atom stereocenters. The molecule has 15 heavy (non-hydrogen) atoms. The van der Waals surface area contributed by atoms with Crippen LogP contribution < -0.4 is 11.3 Å². The fraction of sp³-hybridized carbons (Fsp3) is 0.846. The van der Waals surface area contributed by atoms with Gasteiger partial charge in [0.25, 0.3) is 0 Å². The molecule has 0 aliphatic heterocycles. The van der Waals surface area contributed by atoms with Crippen molar-refractivity contribution in [1.29, 1.82) is 0 Å². The molecule has 0 amide bonds. The maximum absolute atomic E-state index is 5.67. The number of nitrogens with one attached hydrogen (secondary N) is 1. The van der Waals surface area contributed by atoms with Crippen molar-refractivity contribution >= 4 is 0 Å². The topological polar surface area (TPSA) is 38.0 Å². The Kier molecular flexibility index (Phi) is 3.47. The number of hydrogen-bond donors (Lipinski definition) is 2. The van der Waals surface area contributed by atoms with Gasteiger partial charge in [-0.05, 0) is 50.4 Å². The summed E-state index contributed by atoms with van der Waals surface area (Å²) in [6, 6.07) is 0.537. The minimum Gasteiger partial charge on any atom is -0.271 e. The van der Waals surface area contributed by atoms with Gasteiger partial charge in [0.05, 0.1) is 0 Å². The van der Waals surface area contributed by atoms with E-state index in [2.05, 4.69) is 18.9 Å². The second kappa shape index (κ2) is 4.67. The van der Waals surface area contributed by atoms with E-state index in [0.29, 0.717) is 6.04 Å². The lowest BCUT2D eigenvalue weighted by Gasteiger charge is -2.15. The molecule has 0 radical (unpaired) electrons. The van der Waals surface area contributed by atoms with Crippen molar-refractivity contribution < 1.29 is 0 Å². The lowest BCUT2D eigenvalue weighted by atomic mass is 10.0. The lowest BCUT2D eigenvalue weighted by molar-refractivity contribution is 0.414. The van der Waals surface area contributed by atoms with Crippen molar-refractivity contribution in [3.8, 4) is 0 Å². The van der Waals surface area contributed by atoms with Crippen LogP contribution in [0.4, 0.5) is 0 Å². The zero-order valence-corrected chi connectivity index (χ0v) is 9.84. The molecule has 3 unspecified atom stereocenters. The number of hydrogen-bond acceptors (Lipinski definition) is 2. The summed E-state index contributed by atoms with van der Waals surface area (Å²) in [5.74, 6) is 8.53. The largest absolute Gasteiger partial charge is 0.271 e. The average molecular weight is 208 g/mol. The van der Waals surface area contributed by atoms with Crippen molar-refractivity contribution in [2.75, 3.05) is 0 Å². The number of nitrogens with two attached hydrogens (primary N) is 1. The molecular weight excluding hydrogens is 184 g/mol. The number of allylic oxidation sites excluding steroid dienone is 1. The molecule has 0 spiro atoms. The number of rotatable bonds is 5. The maximum Gasteiger partial charge on any atom is 0.0247 e. The normalized spacial score (nSPS) is 35.7. The van der Waals surface area contributed by atoms with E-state index in [1.165, 1.54) is 37.7 Å². The molecule has 2 aliphatic carbocycles. The standard InChI is InChI=1S/C13H24N2/c1-9(2)7-8-12(15-14)13-10-5-3-4-6-11(10)13/h10-13,15H,1,3-8,14H2,2H3. The summed E-state index contributed by atoms with van der Waals surface area (Å²) in [7, 11) is 0. The van der Waals surface area contributed by atoms with Gasteiger partial charge < -0.3 is 0 Å². The molecule has 2 rings (SSSR count). The highest BCUT2D eigenvalue weighted by atomic mass is 15.2.